The van der Waals surface area contributed by atoms with Crippen molar-refractivity contribution in [2.75, 3.05) is 37.6 Å². The lowest BCUT2D eigenvalue weighted by atomic mass is 10.2. The van der Waals surface area contributed by atoms with Gasteiger partial charge in [-0.15, -0.1) is 0 Å². The molecule has 1 N–H and O–H groups in total. The fourth-order valence-corrected chi connectivity index (χ4v) is 2.04. The molecule has 0 amide bonds. The van der Waals surface area contributed by atoms with Crippen LogP contribution in [0.2, 0.25) is 0 Å². The van der Waals surface area contributed by atoms with E-state index in [1.54, 1.807) is 6.07 Å². The molecular formula is C12H18FN3. The largest absolute Gasteiger partial charge is 0.366 e. The van der Waals surface area contributed by atoms with E-state index in [2.05, 4.69) is 22.3 Å². The summed E-state index contributed by atoms with van der Waals surface area (Å²) in [6.45, 7) is 6.63. The maximum atomic E-state index is 13.5. The lowest BCUT2D eigenvalue weighted by Crippen LogP contribution is -2.52. The molecule has 2 rings (SSSR count). The molecule has 0 bridgehead atoms. The van der Waals surface area contributed by atoms with Crippen LogP contribution in [-0.2, 0) is 0 Å². The maximum absolute atomic E-state index is 13.5. The predicted octanol–water partition coefficient (Wildman–Crippen LogP) is 1.47. The number of hydrazine groups is 1. The summed E-state index contributed by atoms with van der Waals surface area (Å²) in [6.07, 6.45) is 0. The monoisotopic (exact) mass is 223 g/mol. The molecule has 4 heteroatoms. The number of nitrogens with one attached hydrogen (secondary N) is 1. The van der Waals surface area contributed by atoms with Crippen LogP contribution in [0.3, 0.4) is 0 Å². The first-order valence-corrected chi connectivity index (χ1v) is 5.79. The van der Waals surface area contributed by atoms with Gasteiger partial charge in [0.15, 0.2) is 0 Å². The number of hydrogen-bond acceptors (Lipinski definition) is 3. The number of piperazine rings is 1. The molecule has 0 unspecified atom stereocenters. The molecule has 1 aliphatic heterocycles. The molecule has 0 aromatic heterocycles. The Kier molecular flexibility index (Phi) is 3.74. The van der Waals surface area contributed by atoms with Gasteiger partial charge in [0.2, 0.25) is 0 Å². The number of para-hydroxylation sites is 1. The summed E-state index contributed by atoms with van der Waals surface area (Å²) in [5.41, 5.74) is 4.00. The number of hydrogen-bond donors (Lipinski definition) is 1. The molecule has 1 aromatic carbocycles. The second kappa shape index (κ2) is 5.27. The molecule has 0 atom stereocenters. The molecule has 3 nitrogen and oxygen atoms in total. The van der Waals surface area contributed by atoms with Crippen molar-refractivity contribution < 1.29 is 4.39 Å². The summed E-state index contributed by atoms with van der Waals surface area (Å²) in [5.74, 6) is -0.126. The summed E-state index contributed by atoms with van der Waals surface area (Å²) in [7, 11) is 0. The van der Waals surface area contributed by atoms with Crippen molar-refractivity contribution in [3.05, 3.63) is 30.1 Å². The summed E-state index contributed by atoms with van der Waals surface area (Å²) in [5, 5.41) is 2.19. The van der Waals surface area contributed by atoms with Crippen molar-refractivity contribution in [2.45, 2.75) is 6.92 Å². The van der Waals surface area contributed by atoms with E-state index < -0.39 is 0 Å². The van der Waals surface area contributed by atoms with Crippen LogP contribution in [0.1, 0.15) is 6.92 Å². The first-order valence-electron chi connectivity index (χ1n) is 5.79. The topological polar surface area (TPSA) is 18.5 Å². The third-order valence-corrected chi connectivity index (χ3v) is 2.85. The highest BCUT2D eigenvalue weighted by Crippen LogP contribution is 2.19. The van der Waals surface area contributed by atoms with Crippen molar-refractivity contribution in [3.8, 4) is 0 Å². The molecule has 1 saturated heterocycles. The first kappa shape index (κ1) is 11.4. The van der Waals surface area contributed by atoms with Gasteiger partial charge in [-0.3, -0.25) is 5.43 Å². The number of rotatable bonds is 3. The van der Waals surface area contributed by atoms with E-state index in [0.717, 1.165) is 38.4 Å². The highest BCUT2D eigenvalue weighted by molar-refractivity contribution is 5.47. The number of nitrogens with zero attached hydrogens (tertiary/aromatic N) is 2. The Balaban J connectivity index is 1.96. The Morgan fingerprint density at radius 1 is 1.19 bits per heavy atom. The van der Waals surface area contributed by atoms with Crippen LogP contribution in [0.25, 0.3) is 0 Å². The van der Waals surface area contributed by atoms with Gasteiger partial charge in [-0.25, -0.2) is 9.40 Å². The van der Waals surface area contributed by atoms with E-state index in [1.165, 1.54) is 6.07 Å². The van der Waals surface area contributed by atoms with Crippen LogP contribution in [0.5, 0.6) is 0 Å². The van der Waals surface area contributed by atoms with Crippen LogP contribution < -0.4 is 10.3 Å². The van der Waals surface area contributed by atoms with Gasteiger partial charge in [-0.2, -0.15) is 0 Å². The van der Waals surface area contributed by atoms with Gasteiger partial charge in [0.1, 0.15) is 5.82 Å². The standard InChI is InChI=1S/C12H18FN3/c1-2-14-16-9-7-15(8-10-16)12-6-4-3-5-11(12)13/h3-6,14H,2,7-10H2,1H3. The Bertz CT molecular complexity index is 335. The molecule has 1 aromatic rings. The Morgan fingerprint density at radius 2 is 1.88 bits per heavy atom. The average Bonchev–Trinajstić information content (AvgIpc) is 2.31. The second-order valence-electron chi connectivity index (χ2n) is 3.94. The summed E-state index contributed by atoms with van der Waals surface area (Å²) >= 11 is 0. The van der Waals surface area contributed by atoms with E-state index in [4.69, 9.17) is 0 Å². The highest BCUT2D eigenvalue weighted by atomic mass is 19.1. The SMILES string of the molecule is CCNN1CCN(c2ccccc2F)CC1. The molecule has 0 saturated carbocycles. The zero-order valence-corrected chi connectivity index (χ0v) is 9.62. The number of anilines is 1. The molecule has 0 aliphatic carbocycles. The van der Waals surface area contributed by atoms with E-state index >= 15 is 0 Å². The molecule has 0 radical (unpaired) electrons. The Hall–Kier alpha value is -1.13. The normalized spacial score (nSPS) is 17.8. The fraction of sp³-hybridized carbons (Fsp3) is 0.500. The van der Waals surface area contributed by atoms with Gasteiger partial charge in [-0.1, -0.05) is 19.1 Å². The molecular weight excluding hydrogens is 205 g/mol. The summed E-state index contributed by atoms with van der Waals surface area (Å²) in [6, 6.07) is 6.98. The lowest BCUT2D eigenvalue weighted by molar-refractivity contribution is 0.181. The molecule has 1 fully saturated rings. The average molecular weight is 223 g/mol. The highest BCUT2D eigenvalue weighted by Gasteiger charge is 2.18. The van der Waals surface area contributed by atoms with Gasteiger partial charge in [0.25, 0.3) is 0 Å². The van der Waals surface area contributed by atoms with E-state index in [0.29, 0.717) is 0 Å². The van der Waals surface area contributed by atoms with Gasteiger partial charge < -0.3 is 4.90 Å². The van der Waals surface area contributed by atoms with Crippen molar-refractivity contribution in [1.82, 2.24) is 10.4 Å². The minimum Gasteiger partial charge on any atom is -0.366 e. The zero-order valence-electron chi connectivity index (χ0n) is 9.62. The van der Waals surface area contributed by atoms with Crippen LogP contribution >= 0.6 is 0 Å². The van der Waals surface area contributed by atoms with E-state index in [1.807, 2.05) is 12.1 Å². The predicted molar refractivity (Wildman–Crippen MR) is 63.9 cm³/mol. The van der Waals surface area contributed by atoms with Gasteiger partial charge in [0.05, 0.1) is 5.69 Å². The van der Waals surface area contributed by atoms with Crippen molar-refractivity contribution in [1.29, 1.82) is 0 Å². The van der Waals surface area contributed by atoms with Crippen LogP contribution in [0, 0.1) is 5.82 Å². The smallest absolute Gasteiger partial charge is 0.146 e. The zero-order chi connectivity index (χ0) is 11.4. The first-order chi connectivity index (χ1) is 7.81. The molecule has 1 heterocycles. The lowest BCUT2D eigenvalue weighted by Gasteiger charge is -2.36. The Morgan fingerprint density at radius 3 is 2.50 bits per heavy atom. The second-order valence-corrected chi connectivity index (χ2v) is 3.94. The molecule has 0 spiro atoms. The van der Waals surface area contributed by atoms with E-state index in [9.17, 15) is 4.39 Å². The van der Waals surface area contributed by atoms with Gasteiger partial charge in [0, 0.05) is 32.7 Å². The molecule has 16 heavy (non-hydrogen) atoms. The van der Waals surface area contributed by atoms with Crippen molar-refractivity contribution in [3.63, 3.8) is 0 Å². The third-order valence-electron chi connectivity index (χ3n) is 2.85. The van der Waals surface area contributed by atoms with Crippen molar-refractivity contribution in [2.24, 2.45) is 0 Å². The van der Waals surface area contributed by atoms with Gasteiger partial charge in [-0.05, 0) is 12.1 Å². The summed E-state index contributed by atoms with van der Waals surface area (Å²) < 4.78 is 13.5. The fourth-order valence-electron chi connectivity index (χ4n) is 2.04. The number of halogens is 1. The molecule has 1 aliphatic rings. The summed E-state index contributed by atoms with van der Waals surface area (Å²) in [4.78, 5) is 2.10. The number of benzene rings is 1. The molecule has 88 valence electrons. The van der Waals surface area contributed by atoms with E-state index in [-0.39, 0.29) is 5.82 Å². The minimum atomic E-state index is -0.126. The van der Waals surface area contributed by atoms with Gasteiger partial charge >= 0.3 is 0 Å². The van der Waals surface area contributed by atoms with Crippen molar-refractivity contribution >= 4 is 5.69 Å². The minimum absolute atomic E-state index is 0.126. The third kappa shape index (κ3) is 2.51. The Labute approximate surface area is 95.8 Å². The van der Waals surface area contributed by atoms with Crippen LogP contribution in [0.4, 0.5) is 10.1 Å². The van der Waals surface area contributed by atoms with Crippen LogP contribution in [0.15, 0.2) is 24.3 Å². The maximum Gasteiger partial charge on any atom is 0.146 e. The quantitative estimate of drug-likeness (QED) is 0.837. The van der Waals surface area contributed by atoms with Crippen LogP contribution in [-0.4, -0.2) is 37.7 Å².